The number of hydrogen-bond acceptors (Lipinski definition) is 5. The fourth-order valence-corrected chi connectivity index (χ4v) is 5.88. The van der Waals surface area contributed by atoms with Crippen LogP contribution in [0.1, 0.15) is 29.6 Å². The number of benzene rings is 2. The number of amides is 2. The number of hydrogen-bond donors (Lipinski definition) is 1. The first-order valence-corrected chi connectivity index (χ1v) is 12.4. The van der Waals surface area contributed by atoms with Crippen molar-refractivity contribution in [1.29, 1.82) is 0 Å². The highest BCUT2D eigenvalue weighted by molar-refractivity contribution is 7.89. The van der Waals surface area contributed by atoms with Crippen LogP contribution in [-0.2, 0) is 14.8 Å². The van der Waals surface area contributed by atoms with Crippen LogP contribution in [0.4, 0.5) is 10.1 Å². The van der Waals surface area contributed by atoms with Crippen LogP contribution in [0.2, 0.25) is 0 Å². The lowest BCUT2D eigenvalue weighted by atomic mass is 10.0. The molecule has 0 aromatic heterocycles. The molecule has 176 valence electrons. The molecule has 2 aromatic rings. The van der Waals surface area contributed by atoms with Crippen molar-refractivity contribution in [3.8, 4) is 0 Å². The molecule has 2 fully saturated rings. The maximum absolute atomic E-state index is 13.3. The minimum absolute atomic E-state index is 0.0382. The highest BCUT2D eigenvalue weighted by Crippen LogP contribution is 2.24. The van der Waals surface area contributed by atoms with E-state index in [1.165, 1.54) is 39.5 Å². The summed E-state index contributed by atoms with van der Waals surface area (Å²) in [7, 11) is -3.81. The van der Waals surface area contributed by atoms with Crippen molar-refractivity contribution in [3.63, 3.8) is 0 Å². The summed E-state index contributed by atoms with van der Waals surface area (Å²) in [5, 5.41) is 0. The van der Waals surface area contributed by atoms with Gasteiger partial charge in [0, 0.05) is 44.0 Å². The van der Waals surface area contributed by atoms with E-state index in [9.17, 15) is 22.4 Å². The van der Waals surface area contributed by atoms with Gasteiger partial charge in [0.2, 0.25) is 15.9 Å². The second-order valence-corrected chi connectivity index (χ2v) is 10.2. The molecule has 8 nitrogen and oxygen atoms in total. The van der Waals surface area contributed by atoms with Crippen LogP contribution in [0.5, 0.6) is 0 Å². The molecule has 0 radical (unpaired) electrons. The van der Waals surface area contributed by atoms with Crippen molar-refractivity contribution in [1.82, 2.24) is 9.21 Å². The van der Waals surface area contributed by atoms with E-state index in [0.29, 0.717) is 26.1 Å². The average molecular weight is 475 g/mol. The first kappa shape index (κ1) is 23.2. The Morgan fingerprint density at radius 2 is 1.64 bits per heavy atom. The molecule has 10 heteroatoms. The smallest absolute Gasteiger partial charge is 0.254 e. The summed E-state index contributed by atoms with van der Waals surface area (Å²) < 4.78 is 41.1. The molecule has 4 rings (SSSR count). The summed E-state index contributed by atoms with van der Waals surface area (Å²) in [4.78, 5) is 28.3. The second kappa shape index (κ2) is 9.48. The molecule has 2 aliphatic rings. The van der Waals surface area contributed by atoms with Crippen molar-refractivity contribution >= 4 is 27.5 Å². The molecule has 2 aliphatic heterocycles. The zero-order valence-corrected chi connectivity index (χ0v) is 19.0. The molecular formula is C23H27FN4O4S. The van der Waals surface area contributed by atoms with E-state index >= 15 is 0 Å². The van der Waals surface area contributed by atoms with E-state index in [1.54, 1.807) is 18.2 Å². The molecule has 2 saturated heterocycles. The highest BCUT2D eigenvalue weighted by atomic mass is 32.2. The van der Waals surface area contributed by atoms with Gasteiger partial charge in [-0.3, -0.25) is 9.59 Å². The summed E-state index contributed by atoms with van der Waals surface area (Å²) in [5.74, 6) is -1.26. The van der Waals surface area contributed by atoms with Crippen LogP contribution < -0.4 is 10.6 Å². The van der Waals surface area contributed by atoms with E-state index in [0.717, 1.165) is 18.5 Å². The number of carbonyl (C=O) groups is 2. The number of primary amides is 1. The molecule has 2 aromatic carbocycles. The van der Waals surface area contributed by atoms with Gasteiger partial charge >= 0.3 is 0 Å². The van der Waals surface area contributed by atoms with Crippen molar-refractivity contribution < 1.29 is 22.4 Å². The molecule has 2 N–H and O–H groups in total. The molecule has 1 atom stereocenters. The van der Waals surface area contributed by atoms with E-state index in [-0.39, 0.29) is 29.4 Å². The van der Waals surface area contributed by atoms with E-state index in [4.69, 9.17) is 5.73 Å². The molecule has 0 aliphatic carbocycles. The fourth-order valence-electron chi connectivity index (χ4n) is 4.41. The maximum atomic E-state index is 13.3. The number of nitrogens with zero attached hydrogens (tertiary/aromatic N) is 3. The van der Waals surface area contributed by atoms with Gasteiger partial charge in [0.15, 0.2) is 0 Å². The Bertz CT molecular complexity index is 1130. The van der Waals surface area contributed by atoms with Gasteiger partial charge < -0.3 is 15.5 Å². The van der Waals surface area contributed by atoms with Gasteiger partial charge in [0.25, 0.3) is 5.91 Å². The minimum atomic E-state index is -3.81. The first-order valence-electron chi connectivity index (χ1n) is 11.0. The lowest BCUT2D eigenvalue weighted by Gasteiger charge is -2.35. The molecule has 2 amide bonds. The van der Waals surface area contributed by atoms with Crippen LogP contribution in [-0.4, -0.2) is 68.2 Å². The van der Waals surface area contributed by atoms with Gasteiger partial charge in [0.05, 0.1) is 4.90 Å². The van der Waals surface area contributed by atoms with Crippen molar-refractivity contribution in [2.75, 3.05) is 37.6 Å². The maximum Gasteiger partial charge on any atom is 0.254 e. The highest BCUT2D eigenvalue weighted by Gasteiger charge is 2.33. The Kier molecular flexibility index (Phi) is 6.66. The first-order chi connectivity index (χ1) is 15.8. The van der Waals surface area contributed by atoms with Crippen LogP contribution in [0.3, 0.4) is 0 Å². The van der Waals surface area contributed by atoms with Gasteiger partial charge in [-0.25, -0.2) is 12.8 Å². The molecule has 33 heavy (non-hydrogen) atoms. The third kappa shape index (κ3) is 4.86. The summed E-state index contributed by atoms with van der Waals surface area (Å²) in [6.07, 6.45) is 2.10. The number of nitrogens with two attached hydrogens (primary N) is 1. The Balaban J connectivity index is 1.49. The van der Waals surface area contributed by atoms with Crippen LogP contribution in [0, 0.1) is 5.82 Å². The van der Waals surface area contributed by atoms with E-state index in [1.807, 2.05) is 4.90 Å². The molecule has 0 spiro atoms. The Morgan fingerprint density at radius 1 is 0.939 bits per heavy atom. The predicted octanol–water partition coefficient (Wildman–Crippen LogP) is 1.82. The molecule has 0 unspecified atom stereocenters. The average Bonchev–Trinajstić information content (AvgIpc) is 2.84. The minimum Gasteiger partial charge on any atom is -0.369 e. The number of piperazine rings is 1. The second-order valence-electron chi connectivity index (χ2n) is 8.31. The monoisotopic (exact) mass is 474 g/mol. The van der Waals surface area contributed by atoms with E-state index in [2.05, 4.69) is 0 Å². The van der Waals surface area contributed by atoms with Gasteiger partial charge in [0.1, 0.15) is 11.9 Å². The summed E-state index contributed by atoms with van der Waals surface area (Å²) in [6, 6.07) is 11.4. The van der Waals surface area contributed by atoms with Crippen LogP contribution >= 0.6 is 0 Å². The zero-order valence-electron chi connectivity index (χ0n) is 18.2. The van der Waals surface area contributed by atoms with Crippen LogP contribution in [0.15, 0.2) is 53.4 Å². The van der Waals surface area contributed by atoms with Gasteiger partial charge in [-0.1, -0.05) is 6.07 Å². The molecule has 0 saturated carbocycles. The van der Waals surface area contributed by atoms with Crippen molar-refractivity contribution in [2.45, 2.75) is 30.2 Å². The summed E-state index contributed by atoms with van der Waals surface area (Å²) >= 11 is 0. The Hall–Kier alpha value is -2.98. The quantitative estimate of drug-likeness (QED) is 0.712. The number of sulfonamides is 1. The lowest BCUT2D eigenvalue weighted by Crippen LogP contribution is -2.50. The third-order valence-electron chi connectivity index (χ3n) is 6.24. The van der Waals surface area contributed by atoms with E-state index < -0.39 is 27.9 Å². The number of anilines is 1. The molecule has 2 heterocycles. The van der Waals surface area contributed by atoms with Crippen LogP contribution in [0.25, 0.3) is 0 Å². The lowest BCUT2D eigenvalue weighted by molar-refractivity contribution is -0.123. The standard InChI is InChI=1S/C23H27FN4O4S/c24-18-7-9-19(10-8-18)26-12-14-27(15-13-26)33(31,32)20-5-3-4-17(16-20)23(30)28-11-2-1-6-21(28)22(25)29/h3-5,7-10,16,21H,1-2,6,11-15H2,(H2,25,29)/t21-/m1/s1. The largest absolute Gasteiger partial charge is 0.369 e. The molecular weight excluding hydrogens is 447 g/mol. The van der Waals surface area contributed by atoms with Gasteiger partial charge in [-0.05, 0) is 61.7 Å². The fraction of sp³-hybridized carbons (Fsp3) is 0.391. The van der Waals surface area contributed by atoms with Gasteiger partial charge in [-0.2, -0.15) is 4.31 Å². The number of piperidine rings is 1. The zero-order chi connectivity index (χ0) is 23.6. The normalized spacial score (nSPS) is 20.0. The predicted molar refractivity (Wildman–Crippen MR) is 122 cm³/mol. The SMILES string of the molecule is NC(=O)[C@H]1CCCCN1C(=O)c1cccc(S(=O)(=O)N2CCN(c3ccc(F)cc3)CC2)c1. The number of carbonyl (C=O) groups excluding carboxylic acids is 2. The van der Waals surface area contributed by atoms with Crippen molar-refractivity contribution in [3.05, 3.63) is 59.9 Å². The summed E-state index contributed by atoms with van der Waals surface area (Å²) in [6.45, 7) is 1.89. The Labute approximate surface area is 192 Å². The number of halogens is 1. The summed E-state index contributed by atoms with van der Waals surface area (Å²) in [5.41, 5.74) is 6.53. The van der Waals surface area contributed by atoms with Gasteiger partial charge in [-0.15, -0.1) is 0 Å². The van der Waals surface area contributed by atoms with Crippen molar-refractivity contribution in [2.24, 2.45) is 5.73 Å². The third-order valence-corrected chi connectivity index (χ3v) is 8.14. The Morgan fingerprint density at radius 3 is 2.30 bits per heavy atom. The number of rotatable bonds is 5. The number of likely N-dealkylation sites (tertiary alicyclic amines) is 1. The topological polar surface area (TPSA) is 104 Å². The molecule has 0 bridgehead atoms.